The zero-order chi connectivity index (χ0) is 18.5. The lowest BCUT2D eigenvalue weighted by Gasteiger charge is -2.12. The number of amides is 2. The van der Waals surface area contributed by atoms with E-state index in [0.29, 0.717) is 21.3 Å². The number of hydrogen-bond acceptors (Lipinski definition) is 3. The molecule has 7 heteroatoms. The van der Waals surface area contributed by atoms with Gasteiger partial charge < -0.3 is 9.30 Å². The Kier molecular flexibility index (Phi) is 5.38. The number of hydrogen-bond donors (Lipinski definition) is 2. The quantitative estimate of drug-likeness (QED) is 0.644. The van der Waals surface area contributed by atoms with E-state index in [9.17, 15) is 9.59 Å². The standard InChI is InChI=1S/C19H16BrN3O3/c1-26-17-9-8-13(12-15(17)20)18(24)21-22-19(25)14-6-2-3-7-16(14)23-10-4-5-11-23/h2-12H,1H3,(H,21,24)(H,22,25). The molecule has 0 unspecified atom stereocenters. The Morgan fingerprint density at radius 2 is 1.65 bits per heavy atom. The summed E-state index contributed by atoms with van der Waals surface area (Å²) < 4.78 is 7.61. The van der Waals surface area contributed by atoms with Crippen molar-refractivity contribution in [2.24, 2.45) is 0 Å². The molecule has 0 aliphatic rings. The maximum absolute atomic E-state index is 12.5. The minimum atomic E-state index is -0.430. The monoisotopic (exact) mass is 413 g/mol. The smallest absolute Gasteiger partial charge is 0.271 e. The summed E-state index contributed by atoms with van der Waals surface area (Å²) >= 11 is 3.33. The Hall–Kier alpha value is -3.06. The molecule has 2 N–H and O–H groups in total. The SMILES string of the molecule is COc1ccc(C(=O)NNC(=O)c2ccccc2-n2cccc2)cc1Br. The van der Waals surface area contributed by atoms with Crippen molar-refractivity contribution >= 4 is 27.7 Å². The molecule has 0 atom stereocenters. The van der Waals surface area contributed by atoms with Gasteiger partial charge in [-0.25, -0.2) is 0 Å². The minimum Gasteiger partial charge on any atom is -0.496 e. The third-order valence-corrected chi connectivity index (χ3v) is 4.35. The number of carbonyl (C=O) groups excluding carboxylic acids is 2. The van der Waals surface area contributed by atoms with E-state index in [1.165, 1.54) is 0 Å². The normalized spacial score (nSPS) is 10.2. The molecular formula is C19H16BrN3O3. The van der Waals surface area contributed by atoms with Crippen molar-refractivity contribution < 1.29 is 14.3 Å². The maximum Gasteiger partial charge on any atom is 0.271 e. The minimum absolute atomic E-state index is 0.386. The second-order valence-electron chi connectivity index (χ2n) is 5.37. The van der Waals surface area contributed by atoms with Crippen LogP contribution < -0.4 is 15.6 Å². The summed E-state index contributed by atoms with van der Waals surface area (Å²) in [4.78, 5) is 24.7. The summed E-state index contributed by atoms with van der Waals surface area (Å²) in [6.07, 6.45) is 3.69. The molecular weight excluding hydrogens is 398 g/mol. The predicted octanol–water partition coefficient (Wildman–Crippen LogP) is 3.32. The molecule has 6 nitrogen and oxygen atoms in total. The highest BCUT2D eigenvalue weighted by Crippen LogP contribution is 2.25. The van der Waals surface area contributed by atoms with Gasteiger partial charge in [-0.05, 0) is 58.4 Å². The summed E-state index contributed by atoms with van der Waals surface area (Å²) in [6, 6.07) is 15.8. The number of nitrogens with zero attached hydrogens (tertiary/aromatic N) is 1. The predicted molar refractivity (Wildman–Crippen MR) is 101 cm³/mol. The fourth-order valence-electron chi connectivity index (χ4n) is 2.45. The summed E-state index contributed by atoms with van der Waals surface area (Å²) in [5.74, 6) is -0.221. The highest BCUT2D eigenvalue weighted by atomic mass is 79.9. The van der Waals surface area contributed by atoms with Crippen LogP contribution in [0.15, 0.2) is 71.5 Å². The topological polar surface area (TPSA) is 72.4 Å². The molecule has 0 aliphatic heterocycles. The molecule has 0 fully saturated rings. The Morgan fingerprint density at radius 1 is 0.962 bits per heavy atom. The molecule has 3 aromatic rings. The van der Waals surface area contributed by atoms with Crippen LogP contribution in [0.2, 0.25) is 0 Å². The lowest BCUT2D eigenvalue weighted by Crippen LogP contribution is -2.42. The van der Waals surface area contributed by atoms with Gasteiger partial charge in [-0.3, -0.25) is 20.4 Å². The van der Waals surface area contributed by atoms with Crippen molar-refractivity contribution in [3.05, 3.63) is 82.6 Å². The van der Waals surface area contributed by atoms with Crippen LogP contribution in [0.3, 0.4) is 0 Å². The van der Waals surface area contributed by atoms with Crippen LogP contribution in [0.25, 0.3) is 5.69 Å². The summed E-state index contributed by atoms with van der Waals surface area (Å²) in [7, 11) is 1.54. The summed E-state index contributed by atoms with van der Waals surface area (Å²) in [5.41, 5.74) is 6.42. The number of hydrazine groups is 1. The zero-order valence-electron chi connectivity index (χ0n) is 13.9. The number of benzene rings is 2. The zero-order valence-corrected chi connectivity index (χ0v) is 15.5. The van der Waals surface area contributed by atoms with E-state index in [1.54, 1.807) is 37.4 Å². The van der Waals surface area contributed by atoms with Gasteiger partial charge in [0.25, 0.3) is 11.8 Å². The van der Waals surface area contributed by atoms with Crippen molar-refractivity contribution in [3.63, 3.8) is 0 Å². The average molecular weight is 414 g/mol. The summed E-state index contributed by atoms with van der Waals surface area (Å²) in [5, 5.41) is 0. The highest BCUT2D eigenvalue weighted by Gasteiger charge is 2.14. The number of methoxy groups -OCH3 is 1. The molecule has 0 saturated carbocycles. The first-order valence-electron chi connectivity index (χ1n) is 7.76. The van der Waals surface area contributed by atoms with Crippen molar-refractivity contribution in [1.29, 1.82) is 0 Å². The lowest BCUT2D eigenvalue weighted by atomic mass is 10.1. The van der Waals surface area contributed by atoms with Crippen molar-refractivity contribution in [2.45, 2.75) is 0 Å². The number of carbonyl (C=O) groups is 2. The van der Waals surface area contributed by atoms with Gasteiger partial charge in [0.05, 0.1) is 22.8 Å². The van der Waals surface area contributed by atoms with Gasteiger partial charge in [0, 0.05) is 18.0 Å². The molecule has 26 heavy (non-hydrogen) atoms. The molecule has 1 heterocycles. The first kappa shape index (κ1) is 17.8. The first-order valence-corrected chi connectivity index (χ1v) is 8.56. The molecule has 0 bridgehead atoms. The van der Waals surface area contributed by atoms with Crippen LogP contribution in [-0.4, -0.2) is 23.5 Å². The Morgan fingerprint density at radius 3 is 2.35 bits per heavy atom. The lowest BCUT2D eigenvalue weighted by molar-refractivity contribution is 0.0846. The van der Waals surface area contributed by atoms with E-state index in [0.717, 1.165) is 5.69 Å². The molecule has 1 aromatic heterocycles. The second-order valence-corrected chi connectivity index (χ2v) is 6.22. The van der Waals surface area contributed by atoms with Gasteiger partial charge >= 0.3 is 0 Å². The molecule has 0 aliphatic carbocycles. The van der Waals surface area contributed by atoms with E-state index < -0.39 is 11.8 Å². The highest BCUT2D eigenvalue weighted by molar-refractivity contribution is 9.10. The molecule has 3 rings (SSSR count). The summed E-state index contributed by atoms with van der Waals surface area (Å²) in [6.45, 7) is 0. The maximum atomic E-state index is 12.5. The Bertz CT molecular complexity index is 939. The average Bonchev–Trinajstić information content (AvgIpc) is 3.20. The Balaban J connectivity index is 1.72. The van der Waals surface area contributed by atoms with Gasteiger partial charge in [0.1, 0.15) is 5.75 Å². The molecule has 2 aromatic carbocycles. The van der Waals surface area contributed by atoms with Crippen molar-refractivity contribution in [2.75, 3.05) is 7.11 Å². The van der Waals surface area contributed by atoms with E-state index in [2.05, 4.69) is 26.8 Å². The molecule has 0 spiro atoms. The van der Waals surface area contributed by atoms with E-state index in [1.807, 2.05) is 41.2 Å². The van der Waals surface area contributed by atoms with E-state index in [-0.39, 0.29) is 0 Å². The first-order chi connectivity index (χ1) is 12.6. The van der Waals surface area contributed by atoms with Gasteiger partial charge in [-0.15, -0.1) is 0 Å². The van der Waals surface area contributed by atoms with Crippen LogP contribution in [0, 0.1) is 0 Å². The number of nitrogens with one attached hydrogen (secondary N) is 2. The van der Waals surface area contributed by atoms with E-state index >= 15 is 0 Å². The second kappa shape index (κ2) is 7.88. The van der Waals surface area contributed by atoms with Crippen LogP contribution in [0.5, 0.6) is 5.75 Å². The fourth-order valence-corrected chi connectivity index (χ4v) is 2.99. The largest absolute Gasteiger partial charge is 0.496 e. The fraction of sp³-hybridized carbons (Fsp3) is 0.0526. The van der Waals surface area contributed by atoms with Gasteiger partial charge in [0.2, 0.25) is 0 Å². The van der Waals surface area contributed by atoms with Gasteiger partial charge in [0.15, 0.2) is 0 Å². The van der Waals surface area contributed by atoms with Gasteiger partial charge in [-0.2, -0.15) is 0 Å². The number of halogens is 1. The number of ether oxygens (including phenoxy) is 1. The molecule has 0 radical (unpaired) electrons. The third kappa shape index (κ3) is 3.78. The van der Waals surface area contributed by atoms with E-state index in [4.69, 9.17) is 4.74 Å². The van der Waals surface area contributed by atoms with Gasteiger partial charge in [-0.1, -0.05) is 12.1 Å². The Labute approximate surface area is 158 Å². The number of aromatic nitrogens is 1. The molecule has 132 valence electrons. The number of para-hydroxylation sites is 1. The molecule has 0 saturated heterocycles. The molecule has 2 amide bonds. The third-order valence-electron chi connectivity index (χ3n) is 3.73. The number of rotatable bonds is 4. The van der Waals surface area contributed by atoms with Crippen LogP contribution in [0.4, 0.5) is 0 Å². The van der Waals surface area contributed by atoms with Crippen molar-refractivity contribution in [3.8, 4) is 11.4 Å². The van der Waals surface area contributed by atoms with Crippen molar-refractivity contribution in [1.82, 2.24) is 15.4 Å². The van der Waals surface area contributed by atoms with Crippen LogP contribution >= 0.6 is 15.9 Å². The van der Waals surface area contributed by atoms with Crippen LogP contribution in [0.1, 0.15) is 20.7 Å². The van der Waals surface area contributed by atoms with Crippen LogP contribution in [-0.2, 0) is 0 Å².